The van der Waals surface area contributed by atoms with Gasteiger partial charge < -0.3 is 19.3 Å². The first-order valence-corrected chi connectivity index (χ1v) is 7.80. The standard InChI is InChI=1S/C18H24O6/c1-16(2,3)24-15(21)18(6,14(19)20)10-11-7-8-12-13(9-11)23-17(4,5)22-12/h7-9H,10H2,1-6H3,(H,19,20)/t18-/m0/s1. The van der Waals surface area contributed by atoms with Gasteiger partial charge in [-0.15, -0.1) is 0 Å². The minimum Gasteiger partial charge on any atom is -0.480 e. The number of esters is 1. The van der Waals surface area contributed by atoms with Crippen LogP contribution in [0.1, 0.15) is 47.1 Å². The van der Waals surface area contributed by atoms with E-state index in [0.717, 1.165) is 0 Å². The Morgan fingerprint density at radius 2 is 1.71 bits per heavy atom. The zero-order chi connectivity index (χ0) is 18.3. The Balaban J connectivity index is 2.26. The average Bonchev–Trinajstić information content (AvgIpc) is 2.69. The number of carbonyl (C=O) groups is 2. The van der Waals surface area contributed by atoms with Crippen molar-refractivity contribution in [2.45, 2.75) is 59.4 Å². The van der Waals surface area contributed by atoms with Crippen LogP contribution in [-0.2, 0) is 20.7 Å². The topological polar surface area (TPSA) is 82.1 Å². The van der Waals surface area contributed by atoms with Crippen LogP contribution in [0.4, 0.5) is 0 Å². The van der Waals surface area contributed by atoms with Gasteiger partial charge in [-0.3, -0.25) is 9.59 Å². The molecule has 1 N–H and O–H groups in total. The minimum atomic E-state index is -1.68. The zero-order valence-corrected chi connectivity index (χ0v) is 14.9. The van der Waals surface area contributed by atoms with Crippen molar-refractivity contribution in [3.8, 4) is 11.5 Å². The number of benzene rings is 1. The van der Waals surface area contributed by atoms with Crippen LogP contribution < -0.4 is 9.47 Å². The molecule has 1 heterocycles. The highest BCUT2D eigenvalue weighted by atomic mass is 16.7. The monoisotopic (exact) mass is 336 g/mol. The molecule has 0 bridgehead atoms. The molecule has 0 saturated heterocycles. The molecule has 0 spiro atoms. The molecule has 0 amide bonds. The fourth-order valence-corrected chi connectivity index (χ4v) is 2.41. The van der Waals surface area contributed by atoms with Crippen LogP contribution in [0.25, 0.3) is 0 Å². The third kappa shape index (κ3) is 3.80. The molecule has 6 nitrogen and oxygen atoms in total. The molecule has 2 rings (SSSR count). The summed E-state index contributed by atoms with van der Waals surface area (Å²) in [6.07, 6.45) is -0.00564. The van der Waals surface area contributed by atoms with Gasteiger partial charge in [0, 0.05) is 13.8 Å². The Bertz CT molecular complexity index is 671. The van der Waals surface area contributed by atoms with Gasteiger partial charge >= 0.3 is 11.9 Å². The molecule has 6 heteroatoms. The summed E-state index contributed by atoms with van der Waals surface area (Å²) in [4.78, 5) is 24.1. The fraction of sp³-hybridized carbons (Fsp3) is 0.556. The number of hydrogen-bond acceptors (Lipinski definition) is 5. The largest absolute Gasteiger partial charge is 0.480 e. The maximum absolute atomic E-state index is 12.4. The van der Waals surface area contributed by atoms with Gasteiger partial charge in [0.05, 0.1) is 0 Å². The Labute approximate surface area is 141 Å². The molecule has 1 aromatic rings. The van der Waals surface area contributed by atoms with E-state index in [1.165, 1.54) is 6.92 Å². The van der Waals surface area contributed by atoms with Crippen molar-refractivity contribution in [2.24, 2.45) is 5.41 Å². The first kappa shape index (κ1) is 18.1. The summed E-state index contributed by atoms with van der Waals surface area (Å²) in [6.45, 7) is 10.1. The Morgan fingerprint density at radius 3 is 2.25 bits per heavy atom. The summed E-state index contributed by atoms with van der Waals surface area (Å²) in [7, 11) is 0. The predicted octanol–water partition coefficient (Wildman–Crippen LogP) is 3.17. The van der Waals surface area contributed by atoms with Crippen molar-refractivity contribution >= 4 is 11.9 Å². The highest BCUT2D eigenvalue weighted by Crippen LogP contribution is 2.40. The highest BCUT2D eigenvalue weighted by molar-refractivity contribution is 5.99. The van der Waals surface area contributed by atoms with Crippen LogP contribution in [-0.4, -0.2) is 28.4 Å². The summed E-state index contributed by atoms with van der Waals surface area (Å²) >= 11 is 0. The first-order chi connectivity index (χ1) is 10.8. The van der Waals surface area contributed by atoms with Crippen molar-refractivity contribution in [2.75, 3.05) is 0 Å². The van der Waals surface area contributed by atoms with Crippen molar-refractivity contribution in [3.63, 3.8) is 0 Å². The third-order valence-electron chi connectivity index (χ3n) is 3.60. The number of carboxylic acids is 1. The van der Waals surface area contributed by atoms with E-state index in [4.69, 9.17) is 14.2 Å². The second-order valence-corrected chi connectivity index (χ2v) is 7.70. The summed E-state index contributed by atoms with van der Waals surface area (Å²) < 4.78 is 16.6. The van der Waals surface area contributed by atoms with Gasteiger partial charge in [-0.1, -0.05) is 6.07 Å². The molecular formula is C18H24O6. The number of carbonyl (C=O) groups excluding carboxylic acids is 1. The van der Waals surface area contributed by atoms with Gasteiger partial charge in [0.25, 0.3) is 0 Å². The van der Waals surface area contributed by atoms with Gasteiger partial charge in [-0.2, -0.15) is 0 Å². The van der Waals surface area contributed by atoms with Crippen molar-refractivity contribution in [1.82, 2.24) is 0 Å². The Kier molecular flexibility index (Phi) is 4.29. The molecule has 24 heavy (non-hydrogen) atoms. The van der Waals surface area contributed by atoms with E-state index in [1.54, 1.807) is 52.8 Å². The van der Waals surface area contributed by atoms with Gasteiger partial charge in [0.2, 0.25) is 5.79 Å². The second-order valence-electron chi connectivity index (χ2n) is 7.70. The summed E-state index contributed by atoms with van der Waals surface area (Å²) in [6, 6.07) is 5.15. The molecule has 1 aliphatic heterocycles. The molecule has 0 radical (unpaired) electrons. The number of hydrogen-bond donors (Lipinski definition) is 1. The summed E-state index contributed by atoms with van der Waals surface area (Å²) in [5.74, 6) is -1.62. The molecule has 1 aromatic carbocycles. The first-order valence-electron chi connectivity index (χ1n) is 7.80. The number of rotatable bonds is 4. The van der Waals surface area contributed by atoms with E-state index in [1.807, 2.05) is 0 Å². The lowest BCUT2D eigenvalue weighted by Gasteiger charge is -2.28. The Hall–Kier alpha value is -2.24. The average molecular weight is 336 g/mol. The quantitative estimate of drug-likeness (QED) is 0.672. The van der Waals surface area contributed by atoms with E-state index < -0.39 is 28.7 Å². The van der Waals surface area contributed by atoms with Crippen molar-refractivity contribution in [1.29, 1.82) is 0 Å². The van der Waals surface area contributed by atoms with Crippen LogP contribution in [0.3, 0.4) is 0 Å². The predicted molar refractivity (Wildman–Crippen MR) is 87.1 cm³/mol. The molecule has 0 fully saturated rings. The summed E-state index contributed by atoms with van der Waals surface area (Å²) in [5, 5.41) is 9.58. The molecule has 0 unspecified atom stereocenters. The number of carboxylic acid groups (broad SMARTS) is 1. The smallest absolute Gasteiger partial charge is 0.324 e. The fourth-order valence-electron chi connectivity index (χ4n) is 2.41. The van der Waals surface area contributed by atoms with Crippen LogP contribution in [0.15, 0.2) is 18.2 Å². The van der Waals surface area contributed by atoms with Crippen LogP contribution in [0, 0.1) is 5.41 Å². The van der Waals surface area contributed by atoms with E-state index in [2.05, 4.69) is 0 Å². The van der Waals surface area contributed by atoms with Crippen LogP contribution >= 0.6 is 0 Å². The van der Waals surface area contributed by atoms with Gasteiger partial charge in [0.1, 0.15) is 5.60 Å². The lowest BCUT2D eigenvalue weighted by atomic mass is 9.83. The van der Waals surface area contributed by atoms with Crippen LogP contribution in [0.2, 0.25) is 0 Å². The number of ether oxygens (including phenoxy) is 3. The molecule has 0 saturated carbocycles. The number of fused-ring (bicyclic) bond motifs is 1. The van der Waals surface area contributed by atoms with Crippen molar-refractivity contribution in [3.05, 3.63) is 23.8 Å². The lowest BCUT2D eigenvalue weighted by Crippen LogP contribution is -2.43. The molecular weight excluding hydrogens is 312 g/mol. The molecule has 1 aliphatic rings. The van der Waals surface area contributed by atoms with E-state index in [9.17, 15) is 14.7 Å². The van der Waals surface area contributed by atoms with Gasteiger partial charge in [0.15, 0.2) is 16.9 Å². The molecule has 132 valence electrons. The Morgan fingerprint density at radius 1 is 1.12 bits per heavy atom. The zero-order valence-electron chi connectivity index (χ0n) is 14.9. The normalized spacial score (nSPS) is 17.9. The lowest BCUT2D eigenvalue weighted by molar-refractivity contribution is -0.175. The van der Waals surface area contributed by atoms with Gasteiger partial charge in [-0.05, 0) is 51.8 Å². The second kappa shape index (κ2) is 5.69. The van der Waals surface area contributed by atoms with E-state index in [-0.39, 0.29) is 6.42 Å². The third-order valence-corrected chi connectivity index (χ3v) is 3.60. The van der Waals surface area contributed by atoms with E-state index in [0.29, 0.717) is 17.1 Å². The van der Waals surface area contributed by atoms with E-state index >= 15 is 0 Å². The maximum Gasteiger partial charge on any atom is 0.324 e. The van der Waals surface area contributed by atoms with Crippen molar-refractivity contribution < 1.29 is 28.9 Å². The maximum atomic E-state index is 12.4. The molecule has 1 atom stereocenters. The summed E-state index contributed by atoms with van der Waals surface area (Å²) in [5.41, 5.74) is -1.78. The molecule has 0 aliphatic carbocycles. The SMILES string of the molecule is CC(C)(C)OC(=O)[C@@](C)(Cc1ccc2c(c1)OC(C)(C)O2)C(=O)O. The van der Waals surface area contributed by atoms with Crippen LogP contribution in [0.5, 0.6) is 11.5 Å². The number of aliphatic carboxylic acids is 1. The van der Waals surface area contributed by atoms with Gasteiger partial charge in [-0.25, -0.2) is 0 Å². The highest BCUT2D eigenvalue weighted by Gasteiger charge is 2.45. The minimum absolute atomic E-state index is 0.00564. The molecule has 0 aromatic heterocycles.